The van der Waals surface area contributed by atoms with Gasteiger partial charge in [0, 0.05) is 11.3 Å². The van der Waals surface area contributed by atoms with Crippen LogP contribution in [0.1, 0.15) is 29.2 Å². The predicted molar refractivity (Wildman–Crippen MR) is 77.4 cm³/mol. The van der Waals surface area contributed by atoms with Crippen LogP contribution in [0.2, 0.25) is 0 Å². The molecule has 2 aromatic carbocycles. The summed E-state index contributed by atoms with van der Waals surface area (Å²) in [6.45, 7) is 4.18. The molecular formula is C17H17N. The minimum Gasteiger partial charge on any atom is -0.398 e. The van der Waals surface area contributed by atoms with E-state index in [4.69, 9.17) is 5.73 Å². The number of hydrogen-bond donors (Lipinski definition) is 1. The zero-order valence-corrected chi connectivity index (χ0v) is 10.8. The molecule has 18 heavy (non-hydrogen) atoms. The number of aryl methyl sites for hydroxylation is 2. The van der Waals surface area contributed by atoms with Crippen molar-refractivity contribution in [2.45, 2.75) is 20.3 Å². The van der Waals surface area contributed by atoms with Crippen molar-refractivity contribution in [3.05, 3.63) is 64.7 Å². The third-order valence-corrected chi connectivity index (χ3v) is 3.00. The zero-order valence-electron chi connectivity index (χ0n) is 10.8. The Labute approximate surface area is 109 Å². The van der Waals surface area contributed by atoms with Crippen molar-refractivity contribution in [2.75, 3.05) is 5.73 Å². The standard InChI is InChI=1S/C17H17N/c1-3-14-7-9-15(10-8-14)11-12-16-13(2)5-4-6-17(16)18/h4-10H,3,18H2,1-2H3. The first-order valence-corrected chi connectivity index (χ1v) is 6.16. The lowest BCUT2D eigenvalue weighted by molar-refractivity contribution is 1.14. The molecule has 0 saturated carbocycles. The summed E-state index contributed by atoms with van der Waals surface area (Å²) >= 11 is 0. The van der Waals surface area contributed by atoms with Crippen LogP contribution in [0.25, 0.3) is 0 Å². The number of benzene rings is 2. The molecule has 0 saturated heterocycles. The molecule has 0 aromatic heterocycles. The van der Waals surface area contributed by atoms with E-state index in [1.54, 1.807) is 0 Å². The smallest absolute Gasteiger partial charge is 0.0507 e. The molecule has 0 spiro atoms. The van der Waals surface area contributed by atoms with Crippen LogP contribution >= 0.6 is 0 Å². The summed E-state index contributed by atoms with van der Waals surface area (Å²) in [5.74, 6) is 6.32. The Kier molecular flexibility index (Phi) is 3.69. The van der Waals surface area contributed by atoms with Crippen LogP contribution < -0.4 is 5.73 Å². The van der Waals surface area contributed by atoms with Crippen LogP contribution in [-0.4, -0.2) is 0 Å². The number of rotatable bonds is 1. The van der Waals surface area contributed by atoms with Crippen LogP contribution in [0.4, 0.5) is 5.69 Å². The normalized spacial score (nSPS) is 9.67. The highest BCUT2D eigenvalue weighted by molar-refractivity contribution is 5.60. The first kappa shape index (κ1) is 12.3. The van der Waals surface area contributed by atoms with Crippen LogP contribution in [-0.2, 0) is 6.42 Å². The van der Waals surface area contributed by atoms with Gasteiger partial charge in [-0.2, -0.15) is 0 Å². The van der Waals surface area contributed by atoms with E-state index < -0.39 is 0 Å². The van der Waals surface area contributed by atoms with Crippen LogP contribution in [0.3, 0.4) is 0 Å². The van der Waals surface area contributed by atoms with E-state index in [1.807, 2.05) is 25.1 Å². The molecule has 2 aromatic rings. The molecule has 0 aliphatic rings. The zero-order chi connectivity index (χ0) is 13.0. The molecule has 90 valence electrons. The van der Waals surface area contributed by atoms with Crippen molar-refractivity contribution >= 4 is 5.69 Å². The molecule has 2 rings (SSSR count). The van der Waals surface area contributed by atoms with E-state index >= 15 is 0 Å². The van der Waals surface area contributed by atoms with Gasteiger partial charge < -0.3 is 5.73 Å². The Balaban J connectivity index is 2.31. The van der Waals surface area contributed by atoms with Gasteiger partial charge in [0.25, 0.3) is 0 Å². The minimum atomic E-state index is 0.743. The molecule has 0 bridgehead atoms. The molecule has 1 heteroatoms. The fraction of sp³-hybridized carbons (Fsp3) is 0.176. The summed E-state index contributed by atoms with van der Waals surface area (Å²) in [5.41, 5.74) is 11.1. The third-order valence-electron chi connectivity index (χ3n) is 3.00. The first-order valence-electron chi connectivity index (χ1n) is 6.16. The van der Waals surface area contributed by atoms with Crippen molar-refractivity contribution in [3.63, 3.8) is 0 Å². The summed E-state index contributed by atoms with van der Waals surface area (Å²) in [4.78, 5) is 0. The van der Waals surface area contributed by atoms with Gasteiger partial charge in [-0.3, -0.25) is 0 Å². The molecule has 0 aliphatic heterocycles. The van der Waals surface area contributed by atoms with Gasteiger partial charge in [0.05, 0.1) is 5.56 Å². The van der Waals surface area contributed by atoms with Crippen molar-refractivity contribution in [1.82, 2.24) is 0 Å². The van der Waals surface area contributed by atoms with Gasteiger partial charge in [0.2, 0.25) is 0 Å². The second-order valence-corrected chi connectivity index (χ2v) is 4.34. The Morgan fingerprint density at radius 3 is 2.33 bits per heavy atom. The van der Waals surface area contributed by atoms with E-state index in [0.717, 1.165) is 28.8 Å². The van der Waals surface area contributed by atoms with Crippen LogP contribution in [0.15, 0.2) is 42.5 Å². The molecule has 0 aliphatic carbocycles. The molecule has 0 fully saturated rings. The summed E-state index contributed by atoms with van der Waals surface area (Å²) in [7, 11) is 0. The highest BCUT2D eigenvalue weighted by atomic mass is 14.6. The van der Waals surface area contributed by atoms with E-state index in [-0.39, 0.29) is 0 Å². The lowest BCUT2D eigenvalue weighted by Gasteiger charge is -2.01. The van der Waals surface area contributed by atoms with Crippen molar-refractivity contribution in [3.8, 4) is 11.8 Å². The Hall–Kier alpha value is -2.20. The summed E-state index contributed by atoms with van der Waals surface area (Å²) in [6, 6.07) is 14.2. The maximum absolute atomic E-state index is 5.93. The summed E-state index contributed by atoms with van der Waals surface area (Å²) < 4.78 is 0. The van der Waals surface area contributed by atoms with Gasteiger partial charge in [-0.05, 0) is 42.7 Å². The van der Waals surface area contributed by atoms with Gasteiger partial charge in [-0.25, -0.2) is 0 Å². The second-order valence-electron chi connectivity index (χ2n) is 4.34. The first-order chi connectivity index (χ1) is 8.70. The molecule has 1 nitrogen and oxygen atoms in total. The summed E-state index contributed by atoms with van der Waals surface area (Å²) in [5, 5.41) is 0. The number of nitrogens with two attached hydrogens (primary N) is 1. The summed E-state index contributed by atoms with van der Waals surface area (Å²) in [6.07, 6.45) is 1.05. The predicted octanol–water partition coefficient (Wildman–Crippen LogP) is 3.54. The average molecular weight is 235 g/mol. The topological polar surface area (TPSA) is 26.0 Å². The van der Waals surface area contributed by atoms with Gasteiger partial charge in [-0.15, -0.1) is 0 Å². The Morgan fingerprint density at radius 1 is 1.00 bits per heavy atom. The SMILES string of the molecule is CCc1ccc(C#Cc2c(C)cccc2N)cc1. The molecule has 0 amide bonds. The lowest BCUT2D eigenvalue weighted by atomic mass is 10.1. The molecular weight excluding hydrogens is 218 g/mol. The van der Waals surface area contributed by atoms with E-state index in [1.165, 1.54) is 5.56 Å². The number of anilines is 1. The van der Waals surface area contributed by atoms with Crippen molar-refractivity contribution < 1.29 is 0 Å². The lowest BCUT2D eigenvalue weighted by Crippen LogP contribution is -1.92. The average Bonchev–Trinajstić information content (AvgIpc) is 2.39. The molecule has 0 radical (unpaired) electrons. The van der Waals surface area contributed by atoms with Gasteiger partial charge in [0.1, 0.15) is 0 Å². The van der Waals surface area contributed by atoms with Gasteiger partial charge in [0.15, 0.2) is 0 Å². The Morgan fingerprint density at radius 2 is 1.72 bits per heavy atom. The quantitative estimate of drug-likeness (QED) is 0.594. The third kappa shape index (κ3) is 2.73. The molecule has 2 N–H and O–H groups in total. The van der Waals surface area contributed by atoms with E-state index in [0.29, 0.717) is 0 Å². The maximum Gasteiger partial charge on any atom is 0.0507 e. The van der Waals surface area contributed by atoms with Crippen LogP contribution in [0, 0.1) is 18.8 Å². The fourth-order valence-electron chi connectivity index (χ4n) is 1.82. The largest absolute Gasteiger partial charge is 0.398 e. The highest BCUT2D eigenvalue weighted by Crippen LogP contribution is 2.14. The maximum atomic E-state index is 5.93. The van der Waals surface area contributed by atoms with E-state index in [2.05, 4.69) is 43.0 Å². The monoisotopic (exact) mass is 235 g/mol. The number of hydrogen-bond acceptors (Lipinski definition) is 1. The van der Waals surface area contributed by atoms with Gasteiger partial charge >= 0.3 is 0 Å². The number of nitrogen functional groups attached to an aromatic ring is 1. The Bertz CT molecular complexity index is 577. The second kappa shape index (κ2) is 5.42. The van der Waals surface area contributed by atoms with Gasteiger partial charge in [-0.1, -0.05) is 43.0 Å². The molecule has 0 heterocycles. The fourth-order valence-corrected chi connectivity index (χ4v) is 1.82. The molecule has 0 unspecified atom stereocenters. The highest BCUT2D eigenvalue weighted by Gasteiger charge is 1.98. The minimum absolute atomic E-state index is 0.743. The van der Waals surface area contributed by atoms with E-state index in [9.17, 15) is 0 Å². The van der Waals surface area contributed by atoms with Crippen molar-refractivity contribution in [2.24, 2.45) is 0 Å². The molecule has 0 atom stereocenters. The van der Waals surface area contributed by atoms with Crippen molar-refractivity contribution in [1.29, 1.82) is 0 Å². The van der Waals surface area contributed by atoms with Crippen LogP contribution in [0.5, 0.6) is 0 Å².